The molecule has 6 heteroatoms. The van der Waals surface area contributed by atoms with Crippen molar-refractivity contribution in [2.45, 2.75) is 18.2 Å². The van der Waals surface area contributed by atoms with E-state index in [1.54, 1.807) is 0 Å². The lowest BCUT2D eigenvalue weighted by atomic mass is 9.97. The molecule has 0 aromatic heterocycles. The number of halogens is 1. The summed E-state index contributed by atoms with van der Waals surface area (Å²) in [4.78, 5) is 32.2. The number of aromatic carboxylic acids is 1. The van der Waals surface area contributed by atoms with Gasteiger partial charge in [0.2, 0.25) is 0 Å². The summed E-state index contributed by atoms with van der Waals surface area (Å²) in [6, 6.07) is 4.06. The fourth-order valence-corrected chi connectivity index (χ4v) is 1.93. The van der Waals surface area contributed by atoms with Crippen LogP contribution in [0.15, 0.2) is 18.2 Å². The average Bonchev–Trinajstić information content (AvgIpc) is 2.27. The number of rotatable bonds is 5. The van der Waals surface area contributed by atoms with Gasteiger partial charge in [-0.05, 0) is 30.2 Å². The molecule has 0 aliphatic rings. The summed E-state index contributed by atoms with van der Waals surface area (Å²) in [6.07, 6.45) is -0.259. The molecule has 0 saturated heterocycles. The van der Waals surface area contributed by atoms with E-state index in [-0.39, 0.29) is 17.8 Å². The number of alkyl halides is 1. The van der Waals surface area contributed by atoms with Gasteiger partial charge in [0.1, 0.15) is 5.78 Å². The number of carbonyl (C=O) groups excluding carboxylic acids is 1. The summed E-state index contributed by atoms with van der Waals surface area (Å²) in [6.45, 7) is 1.34. The second kappa shape index (κ2) is 5.77. The molecule has 0 radical (unpaired) electrons. The van der Waals surface area contributed by atoms with Crippen LogP contribution in [0.4, 0.5) is 0 Å². The van der Waals surface area contributed by atoms with Gasteiger partial charge in [-0.2, -0.15) is 0 Å². The van der Waals surface area contributed by atoms with Gasteiger partial charge in [-0.25, -0.2) is 4.79 Å². The third kappa shape index (κ3) is 3.40. The Kier molecular flexibility index (Phi) is 4.61. The molecule has 0 fully saturated rings. The Morgan fingerprint density at radius 3 is 2.33 bits per heavy atom. The van der Waals surface area contributed by atoms with Crippen molar-refractivity contribution < 1.29 is 24.6 Å². The van der Waals surface area contributed by atoms with Gasteiger partial charge < -0.3 is 10.2 Å². The Hall–Kier alpha value is -1.69. The molecule has 0 aliphatic heterocycles. The molecule has 18 heavy (non-hydrogen) atoms. The molecule has 96 valence electrons. The van der Waals surface area contributed by atoms with Crippen molar-refractivity contribution in [3.05, 3.63) is 34.9 Å². The molecule has 0 bridgehead atoms. The molecule has 5 nitrogen and oxygen atoms in total. The molecule has 1 unspecified atom stereocenters. The summed E-state index contributed by atoms with van der Waals surface area (Å²) in [5, 5.41) is 17.7. The lowest BCUT2D eigenvalue weighted by Crippen LogP contribution is -2.10. The molecule has 1 atom stereocenters. The number of hydrogen-bond donors (Lipinski definition) is 2. The van der Waals surface area contributed by atoms with Gasteiger partial charge in [0.15, 0.2) is 0 Å². The molecule has 0 saturated carbocycles. The summed E-state index contributed by atoms with van der Waals surface area (Å²) in [5.41, 5.74) is 0.819. The van der Waals surface area contributed by atoms with Crippen LogP contribution in [0.25, 0.3) is 0 Å². The van der Waals surface area contributed by atoms with E-state index in [1.165, 1.54) is 25.1 Å². The van der Waals surface area contributed by atoms with Crippen LogP contribution in [0.3, 0.4) is 0 Å². The highest BCUT2D eigenvalue weighted by Crippen LogP contribution is 2.28. The van der Waals surface area contributed by atoms with Gasteiger partial charge in [0, 0.05) is 0 Å². The summed E-state index contributed by atoms with van der Waals surface area (Å²) < 4.78 is 0. The Labute approximate surface area is 112 Å². The number of aliphatic carboxylic acids is 1. The van der Waals surface area contributed by atoms with Gasteiger partial charge in [-0.3, -0.25) is 9.59 Å². The maximum Gasteiger partial charge on any atom is 0.335 e. The first-order chi connectivity index (χ1) is 8.32. The van der Waals surface area contributed by atoms with Crippen molar-refractivity contribution in [2.75, 3.05) is 0 Å². The van der Waals surface area contributed by atoms with Crippen molar-refractivity contribution in [1.82, 2.24) is 0 Å². The van der Waals surface area contributed by atoms with E-state index < -0.39 is 16.8 Å². The highest BCUT2D eigenvalue weighted by molar-refractivity contribution is 9.09. The molecule has 0 aliphatic carbocycles. The van der Waals surface area contributed by atoms with E-state index in [0.717, 1.165) is 0 Å². The highest BCUT2D eigenvalue weighted by Gasteiger charge is 2.19. The van der Waals surface area contributed by atoms with E-state index in [9.17, 15) is 14.4 Å². The van der Waals surface area contributed by atoms with Gasteiger partial charge in [-0.15, -0.1) is 0 Å². The highest BCUT2D eigenvalue weighted by atomic mass is 79.9. The van der Waals surface area contributed by atoms with Crippen LogP contribution in [0.1, 0.15) is 33.2 Å². The zero-order valence-corrected chi connectivity index (χ0v) is 11.1. The summed E-state index contributed by atoms with van der Waals surface area (Å²) >= 11 is 3.14. The van der Waals surface area contributed by atoms with Gasteiger partial charge in [-0.1, -0.05) is 22.0 Å². The van der Waals surface area contributed by atoms with Gasteiger partial charge >= 0.3 is 11.9 Å². The Bertz CT molecular complexity index is 509. The largest absolute Gasteiger partial charge is 0.481 e. The number of carboxylic acids is 2. The Balaban J connectivity index is 3.30. The SMILES string of the molecule is CC(=O)C(Br)c1cc(C(=O)O)ccc1CC(=O)O. The van der Waals surface area contributed by atoms with Crippen LogP contribution in [0.2, 0.25) is 0 Å². The first kappa shape index (κ1) is 14.4. The van der Waals surface area contributed by atoms with Crippen LogP contribution in [0, 0.1) is 0 Å². The lowest BCUT2D eigenvalue weighted by Gasteiger charge is -2.12. The minimum atomic E-state index is -1.12. The molecule has 0 spiro atoms. The second-order valence-corrected chi connectivity index (χ2v) is 4.68. The number of carbonyl (C=O) groups is 3. The van der Waals surface area contributed by atoms with Crippen LogP contribution < -0.4 is 0 Å². The van der Waals surface area contributed by atoms with Crippen molar-refractivity contribution in [2.24, 2.45) is 0 Å². The predicted molar refractivity (Wildman–Crippen MR) is 67.1 cm³/mol. The summed E-state index contributed by atoms with van der Waals surface area (Å²) in [5.74, 6) is -2.38. The average molecular weight is 315 g/mol. The fraction of sp³-hybridized carbons (Fsp3) is 0.250. The molecular formula is C12H11BrO5. The Morgan fingerprint density at radius 2 is 1.89 bits per heavy atom. The first-order valence-corrected chi connectivity index (χ1v) is 5.97. The van der Waals surface area contributed by atoms with E-state index in [4.69, 9.17) is 10.2 Å². The number of carboxylic acid groups (broad SMARTS) is 2. The van der Waals surface area contributed by atoms with Crippen molar-refractivity contribution >= 4 is 33.7 Å². The van der Waals surface area contributed by atoms with Gasteiger partial charge in [0.05, 0.1) is 16.8 Å². The van der Waals surface area contributed by atoms with Crippen molar-refractivity contribution in [3.8, 4) is 0 Å². The van der Waals surface area contributed by atoms with E-state index >= 15 is 0 Å². The maximum absolute atomic E-state index is 11.3. The smallest absolute Gasteiger partial charge is 0.335 e. The fourth-order valence-electron chi connectivity index (χ4n) is 1.51. The zero-order valence-electron chi connectivity index (χ0n) is 9.51. The number of hydrogen-bond acceptors (Lipinski definition) is 3. The van der Waals surface area contributed by atoms with Crippen molar-refractivity contribution in [1.29, 1.82) is 0 Å². The molecule has 2 N–H and O–H groups in total. The predicted octanol–water partition coefficient (Wildman–Crippen LogP) is 2.04. The quantitative estimate of drug-likeness (QED) is 0.811. The van der Waals surface area contributed by atoms with E-state index in [2.05, 4.69) is 15.9 Å². The topological polar surface area (TPSA) is 91.7 Å². The molecule has 1 aromatic rings. The molecular weight excluding hydrogens is 304 g/mol. The number of ketones is 1. The monoisotopic (exact) mass is 314 g/mol. The van der Waals surface area contributed by atoms with E-state index in [0.29, 0.717) is 11.1 Å². The Morgan fingerprint density at radius 1 is 1.28 bits per heavy atom. The third-order valence-electron chi connectivity index (χ3n) is 2.36. The van der Waals surface area contributed by atoms with E-state index in [1.807, 2.05) is 0 Å². The standard InChI is InChI=1S/C12H11BrO5/c1-6(14)11(13)9-4-8(12(17)18)3-2-7(9)5-10(15)16/h2-4,11H,5H2,1H3,(H,15,16)(H,17,18). The minimum absolute atomic E-state index is 0.0184. The van der Waals surface area contributed by atoms with Crippen LogP contribution in [0.5, 0.6) is 0 Å². The number of Topliss-reactive ketones (excluding diaryl/α,β-unsaturated/α-hetero) is 1. The van der Waals surface area contributed by atoms with Crippen LogP contribution >= 0.6 is 15.9 Å². The lowest BCUT2D eigenvalue weighted by molar-refractivity contribution is -0.136. The third-order valence-corrected chi connectivity index (χ3v) is 3.50. The molecule has 1 aromatic carbocycles. The van der Waals surface area contributed by atoms with Crippen LogP contribution in [-0.4, -0.2) is 27.9 Å². The maximum atomic E-state index is 11.3. The molecule has 0 heterocycles. The minimum Gasteiger partial charge on any atom is -0.481 e. The molecule has 0 amide bonds. The van der Waals surface area contributed by atoms with Crippen LogP contribution in [-0.2, 0) is 16.0 Å². The van der Waals surface area contributed by atoms with Crippen molar-refractivity contribution in [3.63, 3.8) is 0 Å². The summed E-state index contributed by atoms with van der Waals surface area (Å²) in [7, 11) is 0. The zero-order chi connectivity index (χ0) is 13.9. The normalized spacial score (nSPS) is 11.9. The number of benzene rings is 1. The first-order valence-electron chi connectivity index (χ1n) is 5.05. The second-order valence-electron chi connectivity index (χ2n) is 3.76. The van der Waals surface area contributed by atoms with Gasteiger partial charge in [0.25, 0.3) is 0 Å². The molecule has 1 rings (SSSR count).